The van der Waals surface area contributed by atoms with Crippen LogP contribution in [0.15, 0.2) is 36.1 Å². The number of H-pyrrole nitrogens is 1. The Morgan fingerprint density at radius 1 is 1.28 bits per heavy atom. The summed E-state index contributed by atoms with van der Waals surface area (Å²) in [6.45, 7) is 4.06. The van der Waals surface area contributed by atoms with Crippen LogP contribution in [-0.4, -0.2) is 41.2 Å². The smallest absolute Gasteiger partial charge is 0.337 e. The highest BCUT2D eigenvalue weighted by atomic mass is 16.6. The molecule has 2 aromatic rings. The third-order valence-corrected chi connectivity index (χ3v) is 6.61. The van der Waals surface area contributed by atoms with E-state index < -0.39 is 0 Å². The lowest BCUT2D eigenvalue weighted by molar-refractivity contribution is -0.146. The van der Waals surface area contributed by atoms with Crippen LogP contribution in [0.3, 0.4) is 0 Å². The minimum atomic E-state index is -0.197. The number of carbonyl (C=O) groups is 1. The number of ether oxygens (including phenoxy) is 2. The maximum Gasteiger partial charge on any atom is 0.337 e. The van der Waals surface area contributed by atoms with E-state index in [-0.39, 0.29) is 30.1 Å². The first-order valence-corrected chi connectivity index (χ1v) is 9.12. The summed E-state index contributed by atoms with van der Waals surface area (Å²) >= 11 is 0. The molecule has 1 N–H and O–H groups in total. The maximum atomic E-state index is 12.4. The number of hydrogen-bond donors (Lipinski definition) is 1. The third kappa shape index (κ3) is 1.69. The number of esters is 1. The van der Waals surface area contributed by atoms with Crippen molar-refractivity contribution in [3.63, 3.8) is 0 Å². The fourth-order valence-corrected chi connectivity index (χ4v) is 5.44. The average Bonchev–Trinajstić information content (AvgIpc) is 3.16. The molecule has 5 unspecified atom stereocenters. The zero-order valence-electron chi connectivity index (χ0n) is 14.1. The predicted octanol–water partition coefficient (Wildman–Crippen LogP) is 2.54. The quantitative estimate of drug-likeness (QED) is 0.751. The molecule has 128 valence electrons. The predicted molar refractivity (Wildman–Crippen MR) is 91.8 cm³/mol. The molecule has 4 aliphatic rings. The normalized spacial score (nSPS) is 36.1. The Morgan fingerprint density at radius 3 is 3.08 bits per heavy atom. The van der Waals surface area contributed by atoms with Crippen molar-refractivity contribution in [1.29, 1.82) is 0 Å². The molecule has 4 aliphatic heterocycles. The lowest BCUT2D eigenvalue weighted by atomic mass is 9.72. The van der Waals surface area contributed by atoms with Gasteiger partial charge in [0.05, 0.1) is 24.0 Å². The first kappa shape index (κ1) is 14.0. The molecule has 0 radical (unpaired) electrons. The minimum Gasteiger partial charge on any atom is -0.497 e. The summed E-state index contributed by atoms with van der Waals surface area (Å²) in [4.78, 5) is 18.5. The molecular formula is C20H20N2O3. The van der Waals surface area contributed by atoms with Crippen LogP contribution in [0, 0.1) is 11.8 Å². The number of fused-ring (bicyclic) bond motifs is 6. The van der Waals surface area contributed by atoms with Gasteiger partial charge >= 0.3 is 5.97 Å². The number of hydrogen-bond acceptors (Lipinski definition) is 4. The fraction of sp³-hybridized carbons (Fsp3) is 0.450. The Labute approximate surface area is 145 Å². The van der Waals surface area contributed by atoms with Crippen molar-refractivity contribution >= 4 is 16.9 Å². The third-order valence-electron chi connectivity index (χ3n) is 6.61. The van der Waals surface area contributed by atoms with Crippen LogP contribution in [0.25, 0.3) is 10.9 Å². The number of piperidine rings is 1. The molecule has 25 heavy (non-hydrogen) atoms. The number of nitrogens with one attached hydrogen (secondary N) is 1. The van der Waals surface area contributed by atoms with Gasteiger partial charge in [0.1, 0.15) is 6.10 Å². The molecule has 0 amide bonds. The van der Waals surface area contributed by atoms with Gasteiger partial charge in [0.15, 0.2) is 0 Å². The molecular weight excluding hydrogens is 316 g/mol. The molecule has 0 saturated carbocycles. The molecule has 0 spiro atoms. The number of aromatic nitrogens is 1. The molecule has 5 heteroatoms. The van der Waals surface area contributed by atoms with E-state index in [4.69, 9.17) is 9.47 Å². The lowest BCUT2D eigenvalue weighted by Crippen LogP contribution is -2.56. The molecule has 1 aromatic heterocycles. The number of nitrogens with zero attached hydrogens (tertiary/aromatic N) is 1. The van der Waals surface area contributed by atoms with Gasteiger partial charge in [-0.3, -0.25) is 4.90 Å². The van der Waals surface area contributed by atoms with Gasteiger partial charge in [0, 0.05) is 41.5 Å². The van der Waals surface area contributed by atoms with Gasteiger partial charge < -0.3 is 14.5 Å². The molecule has 2 saturated heterocycles. The van der Waals surface area contributed by atoms with E-state index in [2.05, 4.69) is 41.1 Å². The number of aromatic amines is 1. The van der Waals surface area contributed by atoms with E-state index in [1.807, 2.05) is 0 Å². The molecule has 0 aliphatic carbocycles. The van der Waals surface area contributed by atoms with Crippen molar-refractivity contribution in [3.8, 4) is 0 Å². The van der Waals surface area contributed by atoms with E-state index in [1.54, 1.807) is 6.26 Å². The van der Waals surface area contributed by atoms with E-state index in [0.29, 0.717) is 5.92 Å². The number of carbonyl (C=O) groups excluding carboxylic acids is 1. The molecule has 5 nitrogen and oxygen atoms in total. The second-order valence-electron chi connectivity index (χ2n) is 7.73. The van der Waals surface area contributed by atoms with E-state index in [0.717, 1.165) is 25.1 Å². The maximum absolute atomic E-state index is 12.4. The van der Waals surface area contributed by atoms with Crippen molar-refractivity contribution in [2.24, 2.45) is 11.8 Å². The highest BCUT2D eigenvalue weighted by Crippen LogP contribution is 2.51. The summed E-state index contributed by atoms with van der Waals surface area (Å²) in [6, 6.07) is 8.60. The van der Waals surface area contributed by atoms with Crippen molar-refractivity contribution in [3.05, 3.63) is 47.4 Å². The first-order valence-electron chi connectivity index (χ1n) is 9.12. The minimum absolute atomic E-state index is 0.115. The van der Waals surface area contributed by atoms with Gasteiger partial charge in [-0.05, 0) is 25.0 Å². The van der Waals surface area contributed by atoms with Gasteiger partial charge in [-0.15, -0.1) is 0 Å². The molecule has 6 rings (SSSR count). The Hall–Kier alpha value is -2.27. The van der Waals surface area contributed by atoms with Crippen molar-refractivity contribution in [2.75, 3.05) is 13.1 Å². The Kier molecular flexibility index (Phi) is 2.61. The zero-order valence-corrected chi connectivity index (χ0v) is 14.1. The van der Waals surface area contributed by atoms with E-state index >= 15 is 0 Å². The van der Waals surface area contributed by atoms with Crippen LogP contribution >= 0.6 is 0 Å². The average molecular weight is 336 g/mol. The van der Waals surface area contributed by atoms with E-state index in [9.17, 15) is 4.79 Å². The highest BCUT2D eigenvalue weighted by molar-refractivity contribution is 5.92. The van der Waals surface area contributed by atoms with Crippen LogP contribution in [-0.2, 0) is 20.7 Å². The standard InChI is InChI=1S/C20H20N2O3/c1-10-13-8-22-7-6-12-11-4-2-3-5-15(11)21-17(12)18(22)19-16(13)14(9-24-10)20(23)25-19/h2-5,9-10,13,16,18-19,21H,6-8H2,1H3. The van der Waals surface area contributed by atoms with Crippen LogP contribution in [0.5, 0.6) is 0 Å². The van der Waals surface area contributed by atoms with Gasteiger partial charge in [-0.25, -0.2) is 4.79 Å². The highest BCUT2D eigenvalue weighted by Gasteiger charge is 2.58. The summed E-state index contributed by atoms with van der Waals surface area (Å²) in [5, 5.41) is 1.31. The molecule has 0 bridgehead atoms. The summed E-state index contributed by atoms with van der Waals surface area (Å²) in [6.07, 6.45) is 2.69. The van der Waals surface area contributed by atoms with Crippen molar-refractivity contribution < 1.29 is 14.3 Å². The fourth-order valence-electron chi connectivity index (χ4n) is 5.44. The van der Waals surface area contributed by atoms with Gasteiger partial charge in [-0.1, -0.05) is 18.2 Å². The summed E-state index contributed by atoms with van der Waals surface area (Å²) in [5.41, 5.74) is 4.54. The van der Waals surface area contributed by atoms with Gasteiger partial charge in [-0.2, -0.15) is 0 Å². The van der Waals surface area contributed by atoms with Crippen molar-refractivity contribution in [2.45, 2.75) is 31.6 Å². The summed E-state index contributed by atoms with van der Waals surface area (Å²) < 4.78 is 11.6. The topological polar surface area (TPSA) is 54.6 Å². The Morgan fingerprint density at radius 2 is 2.16 bits per heavy atom. The number of rotatable bonds is 0. The first-order chi connectivity index (χ1) is 12.2. The largest absolute Gasteiger partial charge is 0.497 e. The second-order valence-corrected chi connectivity index (χ2v) is 7.73. The SMILES string of the molecule is CC1OC=C2C(=O)OC3C2C1CN1CCc2c([nH]c4ccccc24)C31. The van der Waals surface area contributed by atoms with Gasteiger partial charge in [0.2, 0.25) is 0 Å². The molecule has 5 heterocycles. The Balaban J connectivity index is 1.52. The van der Waals surface area contributed by atoms with Crippen LogP contribution in [0.4, 0.5) is 0 Å². The monoisotopic (exact) mass is 336 g/mol. The molecule has 5 atom stereocenters. The summed E-state index contributed by atoms with van der Waals surface area (Å²) in [5.74, 6) is 0.269. The summed E-state index contributed by atoms with van der Waals surface area (Å²) in [7, 11) is 0. The Bertz CT molecular complexity index is 930. The molecule has 1 aromatic carbocycles. The van der Waals surface area contributed by atoms with Crippen LogP contribution < -0.4 is 0 Å². The number of para-hydroxylation sites is 1. The van der Waals surface area contributed by atoms with Gasteiger partial charge in [0.25, 0.3) is 0 Å². The number of benzene rings is 1. The lowest BCUT2D eigenvalue weighted by Gasteiger charge is -2.49. The second kappa shape index (κ2) is 4.67. The zero-order chi connectivity index (χ0) is 16.7. The van der Waals surface area contributed by atoms with E-state index in [1.165, 1.54) is 22.2 Å². The van der Waals surface area contributed by atoms with Crippen molar-refractivity contribution in [1.82, 2.24) is 9.88 Å². The van der Waals surface area contributed by atoms with Crippen LogP contribution in [0.1, 0.15) is 24.2 Å². The molecule has 2 fully saturated rings. The van der Waals surface area contributed by atoms with Crippen LogP contribution in [0.2, 0.25) is 0 Å².